The van der Waals surface area contributed by atoms with E-state index in [1.54, 1.807) is 11.3 Å². The highest BCUT2D eigenvalue weighted by atomic mass is 32.1. The number of ketones is 1. The number of rotatable bonds is 3. The molecule has 3 aromatic rings. The Morgan fingerprint density at radius 1 is 1.36 bits per heavy atom. The number of fused-ring (bicyclic) bond motifs is 3. The second-order valence-corrected chi connectivity index (χ2v) is 8.60. The first-order valence-electron chi connectivity index (χ1n) is 8.61. The summed E-state index contributed by atoms with van der Waals surface area (Å²) < 4.78 is 0. The fraction of sp³-hybridized carbons (Fsp3) is 0.368. The van der Waals surface area contributed by atoms with Crippen LogP contribution < -0.4 is 5.32 Å². The van der Waals surface area contributed by atoms with Crippen LogP contribution in [0.5, 0.6) is 0 Å². The van der Waals surface area contributed by atoms with Crippen LogP contribution in [0.2, 0.25) is 0 Å². The van der Waals surface area contributed by atoms with Crippen molar-refractivity contribution in [3.63, 3.8) is 0 Å². The van der Waals surface area contributed by atoms with E-state index < -0.39 is 5.54 Å². The molecule has 2 fully saturated rings. The highest BCUT2D eigenvalue weighted by Gasteiger charge is 2.53. The Hall–Kier alpha value is -2.02. The first kappa shape index (κ1) is 15.3. The third kappa shape index (κ3) is 2.21. The van der Waals surface area contributed by atoms with E-state index in [-0.39, 0.29) is 5.78 Å². The molecule has 2 atom stereocenters. The van der Waals surface area contributed by atoms with Crippen molar-refractivity contribution in [2.45, 2.75) is 24.9 Å². The highest BCUT2D eigenvalue weighted by molar-refractivity contribution is 7.15. The van der Waals surface area contributed by atoms with E-state index in [4.69, 9.17) is 0 Å². The van der Waals surface area contributed by atoms with Crippen molar-refractivity contribution in [3.05, 3.63) is 40.9 Å². The number of carbonyl (C=O) groups excluding carboxylic acids is 1. The van der Waals surface area contributed by atoms with Gasteiger partial charge in [-0.15, -0.1) is 11.3 Å². The summed E-state index contributed by atoms with van der Waals surface area (Å²) >= 11 is 1.77. The first-order valence-corrected chi connectivity index (χ1v) is 9.42. The summed E-state index contributed by atoms with van der Waals surface area (Å²) in [5.74, 6) is 0.116. The summed E-state index contributed by atoms with van der Waals surface area (Å²) in [6, 6.07) is 10.9. The second kappa shape index (κ2) is 5.24. The Kier molecular flexibility index (Phi) is 3.20. The van der Waals surface area contributed by atoms with Crippen LogP contribution in [0.4, 0.5) is 0 Å². The molecule has 2 aliphatic rings. The number of nitrogens with one attached hydrogen (secondary N) is 2. The van der Waals surface area contributed by atoms with Crippen LogP contribution in [0.15, 0.2) is 30.3 Å². The van der Waals surface area contributed by atoms with Crippen LogP contribution in [0, 0.1) is 6.92 Å². The van der Waals surface area contributed by atoms with Gasteiger partial charge in [0.1, 0.15) is 5.69 Å². The van der Waals surface area contributed by atoms with Crippen LogP contribution >= 0.6 is 11.3 Å². The van der Waals surface area contributed by atoms with Gasteiger partial charge in [0.15, 0.2) is 0 Å². The molecule has 2 saturated heterocycles. The molecule has 1 aromatic carbocycles. The topological polar surface area (TPSA) is 61.0 Å². The molecular formula is C19H20N4OS. The van der Waals surface area contributed by atoms with Crippen molar-refractivity contribution in [2.75, 3.05) is 20.1 Å². The zero-order valence-electron chi connectivity index (χ0n) is 14.3. The van der Waals surface area contributed by atoms with Gasteiger partial charge in [-0.1, -0.05) is 6.07 Å². The number of aromatic nitrogens is 2. The lowest BCUT2D eigenvalue weighted by molar-refractivity contribution is 0.0851. The summed E-state index contributed by atoms with van der Waals surface area (Å²) in [4.78, 5) is 18.1. The number of likely N-dealkylation sites (N-methyl/N-ethyl adjacent to an activating group) is 1. The Labute approximate surface area is 150 Å². The number of Topliss-reactive ketones (excluding diaryl/α,β-unsaturated/α-hetero) is 1. The predicted molar refractivity (Wildman–Crippen MR) is 100 cm³/mol. The van der Waals surface area contributed by atoms with Gasteiger partial charge >= 0.3 is 0 Å². The second-order valence-electron chi connectivity index (χ2n) is 7.31. The van der Waals surface area contributed by atoms with Gasteiger partial charge in [0, 0.05) is 34.3 Å². The largest absolute Gasteiger partial charge is 0.302 e. The molecule has 0 unspecified atom stereocenters. The number of piperazine rings is 1. The van der Waals surface area contributed by atoms with E-state index in [0.29, 0.717) is 11.7 Å². The third-order valence-electron chi connectivity index (χ3n) is 5.64. The van der Waals surface area contributed by atoms with Gasteiger partial charge in [-0.05, 0) is 50.2 Å². The van der Waals surface area contributed by atoms with Crippen molar-refractivity contribution in [2.24, 2.45) is 0 Å². The van der Waals surface area contributed by atoms with Crippen LogP contribution in [0.1, 0.15) is 21.8 Å². The molecule has 5 rings (SSSR count). The smallest absolute Gasteiger partial charge is 0.205 e. The molecule has 0 saturated carbocycles. The Morgan fingerprint density at radius 3 is 2.92 bits per heavy atom. The number of H-pyrrole nitrogens is 1. The molecular weight excluding hydrogens is 332 g/mol. The molecule has 0 spiro atoms. The van der Waals surface area contributed by atoms with Crippen LogP contribution in [0.25, 0.3) is 21.3 Å². The number of aryl methyl sites for hydroxylation is 1. The molecule has 0 amide bonds. The van der Waals surface area contributed by atoms with E-state index in [1.807, 2.05) is 6.07 Å². The molecule has 2 bridgehead atoms. The maximum Gasteiger partial charge on any atom is 0.205 e. The maximum atomic E-state index is 13.3. The minimum absolute atomic E-state index is 0.116. The summed E-state index contributed by atoms with van der Waals surface area (Å²) in [7, 11) is 2.10. The first-order chi connectivity index (χ1) is 12.1. The Bertz CT molecular complexity index is 986. The number of thiophene rings is 1. The fourth-order valence-electron chi connectivity index (χ4n) is 4.25. The van der Waals surface area contributed by atoms with E-state index >= 15 is 0 Å². The molecule has 2 aliphatic heterocycles. The van der Waals surface area contributed by atoms with E-state index in [9.17, 15) is 4.79 Å². The van der Waals surface area contributed by atoms with Gasteiger partial charge in [0.25, 0.3) is 0 Å². The number of nitrogens with zero attached hydrogens (tertiary/aromatic N) is 2. The van der Waals surface area contributed by atoms with Crippen molar-refractivity contribution >= 4 is 28.0 Å². The average Bonchev–Trinajstić information content (AvgIpc) is 3.36. The summed E-state index contributed by atoms with van der Waals surface area (Å²) in [5, 5.41) is 11.8. The van der Waals surface area contributed by atoms with Gasteiger partial charge in [-0.2, -0.15) is 5.10 Å². The quantitative estimate of drug-likeness (QED) is 0.712. The zero-order chi connectivity index (χ0) is 17.2. The van der Waals surface area contributed by atoms with Crippen molar-refractivity contribution in [1.29, 1.82) is 0 Å². The zero-order valence-corrected chi connectivity index (χ0v) is 15.1. The number of aromatic amines is 1. The minimum Gasteiger partial charge on any atom is -0.302 e. The summed E-state index contributed by atoms with van der Waals surface area (Å²) in [5.41, 5.74) is 2.14. The van der Waals surface area contributed by atoms with Gasteiger partial charge in [0.05, 0.1) is 11.1 Å². The lowest BCUT2D eigenvalue weighted by Crippen LogP contribution is -2.55. The maximum absolute atomic E-state index is 13.3. The predicted octanol–water partition coefficient (Wildman–Crippen LogP) is 2.83. The fourth-order valence-corrected chi connectivity index (χ4v) is 5.11. The lowest BCUT2D eigenvalue weighted by Gasteiger charge is -2.29. The molecule has 128 valence electrons. The lowest BCUT2D eigenvalue weighted by atomic mass is 9.90. The van der Waals surface area contributed by atoms with Crippen LogP contribution in [-0.4, -0.2) is 52.6 Å². The van der Waals surface area contributed by atoms with Crippen molar-refractivity contribution in [1.82, 2.24) is 20.4 Å². The van der Waals surface area contributed by atoms with Crippen molar-refractivity contribution < 1.29 is 4.79 Å². The normalized spacial score (nSPS) is 25.9. The van der Waals surface area contributed by atoms with Crippen molar-refractivity contribution in [3.8, 4) is 10.4 Å². The number of hydrogen-bond acceptors (Lipinski definition) is 5. The third-order valence-corrected chi connectivity index (χ3v) is 6.69. The molecule has 0 radical (unpaired) electrons. The number of benzene rings is 1. The van der Waals surface area contributed by atoms with Crippen LogP contribution in [0.3, 0.4) is 0 Å². The highest BCUT2D eigenvalue weighted by Crippen LogP contribution is 2.36. The molecule has 2 N–H and O–H groups in total. The SMILES string of the molecule is Cc1ccc(-c2ccc3[nH]nc(C(=O)[C@@]45C[C@@H](CN4)N(C)C5)c3c2)s1. The van der Waals surface area contributed by atoms with Crippen LogP contribution in [-0.2, 0) is 0 Å². The molecule has 0 aliphatic carbocycles. The number of hydrogen-bond donors (Lipinski definition) is 2. The van der Waals surface area contributed by atoms with E-state index in [0.717, 1.165) is 36.0 Å². The summed E-state index contributed by atoms with van der Waals surface area (Å²) in [6.45, 7) is 3.75. The molecule has 5 nitrogen and oxygen atoms in total. The van der Waals surface area contributed by atoms with Gasteiger partial charge < -0.3 is 5.32 Å². The number of likely N-dealkylation sites (tertiary alicyclic amines) is 1. The Balaban J connectivity index is 1.59. The molecule has 4 heterocycles. The van der Waals surface area contributed by atoms with Gasteiger partial charge in [-0.25, -0.2) is 0 Å². The molecule has 25 heavy (non-hydrogen) atoms. The number of carbonyl (C=O) groups is 1. The standard InChI is InChI=1S/C19H20N4OS/c1-11-3-6-16(25-11)12-4-5-15-14(7-12)17(22-21-15)18(24)19-8-13(9-20-19)23(2)10-19/h3-7,13,20H,8-10H2,1-2H3,(H,21,22)/t13-,19-/m0/s1. The average molecular weight is 352 g/mol. The summed E-state index contributed by atoms with van der Waals surface area (Å²) in [6.07, 6.45) is 0.875. The van der Waals surface area contributed by atoms with Gasteiger partial charge in [-0.3, -0.25) is 14.8 Å². The van der Waals surface area contributed by atoms with E-state index in [2.05, 4.69) is 58.7 Å². The van der Waals surface area contributed by atoms with Gasteiger partial charge in [0.2, 0.25) is 5.78 Å². The van der Waals surface area contributed by atoms with E-state index in [1.165, 1.54) is 9.75 Å². The molecule has 6 heteroatoms. The monoisotopic (exact) mass is 352 g/mol. The molecule has 2 aromatic heterocycles. The Morgan fingerprint density at radius 2 is 2.24 bits per heavy atom. The minimum atomic E-state index is -0.475.